The van der Waals surface area contributed by atoms with Crippen molar-refractivity contribution >= 4 is 68.1 Å². The predicted octanol–water partition coefficient (Wildman–Crippen LogP) is 5.18. The summed E-state index contributed by atoms with van der Waals surface area (Å²) in [6.07, 6.45) is -0.881. The van der Waals surface area contributed by atoms with Crippen molar-refractivity contribution in [2.45, 2.75) is 13.0 Å². The van der Waals surface area contributed by atoms with Crippen molar-refractivity contribution in [2.24, 2.45) is 0 Å². The standard InChI is InChI=1S/C16H12BrCl2FN2O2S/c1-8(24-14-5-3-10(18)7-11(14)19)15(23)22-16(25)21-13-4-2-9(17)6-12(13)20/h2-8H,1H3,(H2,21,22,23,25). The Labute approximate surface area is 167 Å². The second-order valence-corrected chi connectivity index (χ2v) is 7.07. The third-order valence-corrected chi connectivity index (χ3v) is 4.21. The van der Waals surface area contributed by atoms with Crippen LogP contribution in [0.2, 0.25) is 10.0 Å². The molecular weight excluding hydrogens is 454 g/mol. The Bertz CT molecular complexity index is 823. The number of thiocarbonyl (C=S) groups is 1. The number of hydrogen-bond donors (Lipinski definition) is 2. The van der Waals surface area contributed by atoms with Crippen LogP contribution >= 0.6 is 51.3 Å². The molecule has 0 bridgehead atoms. The molecular formula is C16H12BrCl2FN2O2S. The van der Waals surface area contributed by atoms with Gasteiger partial charge in [-0.05, 0) is 55.5 Å². The molecule has 0 heterocycles. The van der Waals surface area contributed by atoms with Crippen molar-refractivity contribution in [1.82, 2.24) is 5.32 Å². The normalized spacial score (nSPS) is 11.6. The average molecular weight is 466 g/mol. The fourth-order valence-electron chi connectivity index (χ4n) is 1.77. The summed E-state index contributed by atoms with van der Waals surface area (Å²) in [5.41, 5.74) is 0.141. The van der Waals surface area contributed by atoms with Gasteiger partial charge in [-0.2, -0.15) is 0 Å². The van der Waals surface area contributed by atoms with Gasteiger partial charge in [-0.15, -0.1) is 0 Å². The van der Waals surface area contributed by atoms with E-state index in [0.29, 0.717) is 15.2 Å². The number of ether oxygens (including phenoxy) is 1. The number of amides is 1. The van der Waals surface area contributed by atoms with Gasteiger partial charge >= 0.3 is 0 Å². The lowest BCUT2D eigenvalue weighted by atomic mass is 10.3. The molecule has 0 saturated heterocycles. The summed E-state index contributed by atoms with van der Waals surface area (Å²) in [7, 11) is 0. The number of carbonyl (C=O) groups is 1. The van der Waals surface area contributed by atoms with E-state index in [1.54, 1.807) is 18.2 Å². The molecule has 2 aromatic carbocycles. The first-order chi connectivity index (χ1) is 11.8. The van der Waals surface area contributed by atoms with Crippen LogP contribution in [0.15, 0.2) is 40.9 Å². The van der Waals surface area contributed by atoms with Gasteiger partial charge < -0.3 is 10.1 Å². The van der Waals surface area contributed by atoms with E-state index in [9.17, 15) is 9.18 Å². The SMILES string of the molecule is CC(Oc1ccc(Cl)cc1Cl)C(=O)NC(=S)Nc1ccc(Br)cc1F. The van der Waals surface area contributed by atoms with Gasteiger partial charge in [-0.3, -0.25) is 10.1 Å². The summed E-state index contributed by atoms with van der Waals surface area (Å²) >= 11 is 20.0. The average Bonchev–Trinajstić information content (AvgIpc) is 2.52. The quantitative estimate of drug-likeness (QED) is 0.611. The highest BCUT2D eigenvalue weighted by atomic mass is 79.9. The van der Waals surface area contributed by atoms with Gasteiger partial charge in [0.2, 0.25) is 0 Å². The zero-order valence-corrected chi connectivity index (χ0v) is 16.7. The first kappa shape index (κ1) is 19.9. The van der Waals surface area contributed by atoms with Gasteiger partial charge in [0.25, 0.3) is 5.91 Å². The third kappa shape index (κ3) is 5.81. The van der Waals surface area contributed by atoms with E-state index >= 15 is 0 Å². The largest absolute Gasteiger partial charge is 0.479 e. The lowest BCUT2D eigenvalue weighted by Gasteiger charge is -2.16. The number of halogens is 4. The maximum absolute atomic E-state index is 13.8. The highest BCUT2D eigenvalue weighted by Gasteiger charge is 2.18. The molecule has 0 aliphatic heterocycles. The summed E-state index contributed by atoms with van der Waals surface area (Å²) in [6, 6.07) is 9.07. The Morgan fingerprint density at radius 2 is 2.00 bits per heavy atom. The lowest BCUT2D eigenvalue weighted by molar-refractivity contribution is -0.125. The summed E-state index contributed by atoms with van der Waals surface area (Å²) in [4.78, 5) is 12.1. The van der Waals surface area contributed by atoms with Gasteiger partial charge in [-0.1, -0.05) is 39.1 Å². The molecule has 25 heavy (non-hydrogen) atoms. The zero-order chi connectivity index (χ0) is 18.6. The van der Waals surface area contributed by atoms with Crippen LogP contribution in [-0.4, -0.2) is 17.1 Å². The number of nitrogens with one attached hydrogen (secondary N) is 2. The number of hydrogen-bond acceptors (Lipinski definition) is 3. The van der Waals surface area contributed by atoms with E-state index in [4.69, 9.17) is 40.2 Å². The monoisotopic (exact) mass is 464 g/mol. The van der Waals surface area contributed by atoms with Crippen LogP contribution in [0.5, 0.6) is 5.75 Å². The predicted molar refractivity (Wildman–Crippen MR) is 105 cm³/mol. The van der Waals surface area contributed by atoms with Crippen LogP contribution in [0.4, 0.5) is 10.1 Å². The van der Waals surface area contributed by atoms with Crippen molar-refractivity contribution in [1.29, 1.82) is 0 Å². The molecule has 0 fully saturated rings. The minimum atomic E-state index is -0.881. The molecule has 2 aromatic rings. The lowest BCUT2D eigenvalue weighted by Crippen LogP contribution is -2.42. The van der Waals surface area contributed by atoms with Crippen molar-refractivity contribution in [3.05, 3.63) is 56.7 Å². The van der Waals surface area contributed by atoms with Crippen LogP contribution in [0.25, 0.3) is 0 Å². The van der Waals surface area contributed by atoms with Crippen molar-refractivity contribution in [3.63, 3.8) is 0 Å². The minimum Gasteiger partial charge on any atom is -0.479 e. The maximum atomic E-state index is 13.8. The molecule has 0 aliphatic rings. The van der Waals surface area contributed by atoms with Crippen LogP contribution in [-0.2, 0) is 4.79 Å². The van der Waals surface area contributed by atoms with Crippen molar-refractivity contribution in [3.8, 4) is 5.75 Å². The van der Waals surface area contributed by atoms with Crippen LogP contribution in [0, 0.1) is 5.82 Å². The maximum Gasteiger partial charge on any atom is 0.266 e. The van der Waals surface area contributed by atoms with E-state index in [0.717, 1.165) is 0 Å². The number of anilines is 1. The van der Waals surface area contributed by atoms with Crippen LogP contribution in [0.3, 0.4) is 0 Å². The van der Waals surface area contributed by atoms with E-state index in [2.05, 4.69) is 26.6 Å². The first-order valence-electron chi connectivity index (χ1n) is 6.95. The molecule has 2 rings (SSSR count). The molecule has 0 aliphatic carbocycles. The molecule has 132 valence electrons. The first-order valence-corrected chi connectivity index (χ1v) is 8.90. The Hall–Kier alpha value is -1.41. The van der Waals surface area contributed by atoms with Gasteiger partial charge in [0.15, 0.2) is 11.2 Å². The fraction of sp³-hybridized carbons (Fsp3) is 0.125. The summed E-state index contributed by atoms with van der Waals surface area (Å²) in [6.45, 7) is 1.53. The second-order valence-electron chi connectivity index (χ2n) is 4.90. The highest BCUT2D eigenvalue weighted by Crippen LogP contribution is 2.28. The number of rotatable bonds is 4. The third-order valence-electron chi connectivity index (χ3n) is 2.98. The molecule has 0 radical (unpaired) electrons. The Morgan fingerprint density at radius 1 is 1.28 bits per heavy atom. The topological polar surface area (TPSA) is 50.4 Å². The van der Waals surface area contributed by atoms with Crippen molar-refractivity contribution < 1.29 is 13.9 Å². The Morgan fingerprint density at radius 3 is 2.64 bits per heavy atom. The minimum absolute atomic E-state index is 0.0520. The van der Waals surface area contributed by atoms with E-state index in [-0.39, 0.29) is 15.8 Å². The fourth-order valence-corrected chi connectivity index (χ4v) is 2.77. The van der Waals surface area contributed by atoms with Crippen LogP contribution in [0.1, 0.15) is 6.92 Å². The van der Waals surface area contributed by atoms with E-state index in [1.807, 2.05) is 0 Å². The smallest absolute Gasteiger partial charge is 0.266 e. The summed E-state index contributed by atoms with van der Waals surface area (Å²) in [5, 5.41) is 5.73. The number of benzene rings is 2. The van der Waals surface area contributed by atoms with Gasteiger partial charge in [0.1, 0.15) is 11.6 Å². The molecule has 1 atom stereocenters. The number of carbonyl (C=O) groups excluding carboxylic acids is 1. The molecule has 4 nitrogen and oxygen atoms in total. The van der Waals surface area contributed by atoms with Gasteiger partial charge in [0.05, 0.1) is 10.7 Å². The Kier molecular flexibility index (Phi) is 7.01. The van der Waals surface area contributed by atoms with Gasteiger partial charge in [0, 0.05) is 9.50 Å². The summed E-state index contributed by atoms with van der Waals surface area (Å²) < 4.78 is 19.8. The Balaban J connectivity index is 1.94. The van der Waals surface area contributed by atoms with E-state index < -0.39 is 17.8 Å². The zero-order valence-electron chi connectivity index (χ0n) is 12.8. The van der Waals surface area contributed by atoms with Gasteiger partial charge in [-0.25, -0.2) is 4.39 Å². The summed E-state index contributed by atoms with van der Waals surface area (Å²) in [5.74, 6) is -0.712. The molecule has 2 N–H and O–H groups in total. The molecule has 0 aromatic heterocycles. The van der Waals surface area contributed by atoms with Crippen LogP contribution < -0.4 is 15.4 Å². The molecule has 0 spiro atoms. The molecule has 1 unspecified atom stereocenters. The second kappa shape index (κ2) is 8.80. The van der Waals surface area contributed by atoms with Crippen molar-refractivity contribution in [2.75, 3.05) is 5.32 Å². The van der Waals surface area contributed by atoms with E-state index in [1.165, 1.54) is 25.1 Å². The highest BCUT2D eigenvalue weighted by molar-refractivity contribution is 9.10. The molecule has 9 heteroatoms. The molecule has 0 saturated carbocycles. The molecule has 1 amide bonds.